The average molecular weight is 252 g/mol. The Morgan fingerprint density at radius 2 is 1.83 bits per heavy atom. The summed E-state index contributed by atoms with van der Waals surface area (Å²) in [5, 5.41) is 0. The van der Waals surface area contributed by atoms with Crippen molar-refractivity contribution < 1.29 is 19.0 Å². The summed E-state index contributed by atoms with van der Waals surface area (Å²) in [5.41, 5.74) is 0.814. The van der Waals surface area contributed by atoms with Gasteiger partial charge in [-0.1, -0.05) is 6.07 Å². The molecule has 0 bridgehead atoms. The van der Waals surface area contributed by atoms with Gasteiger partial charge in [-0.15, -0.1) is 0 Å². The minimum Gasteiger partial charge on any atom is -0.493 e. The SMILES string of the molecule is COc1ccc(CC(C)=O)c(OC(C)C)c1OC. The summed E-state index contributed by atoms with van der Waals surface area (Å²) >= 11 is 0. The molecule has 0 N–H and O–H groups in total. The van der Waals surface area contributed by atoms with Gasteiger partial charge in [0, 0.05) is 12.0 Å². The molecule has 4 nitrogen and oxygen atoms in total. The van der Waals surface area contributed by atoms with Crippen LogP contribution in [-0.4, -0.2) is 26.1 Å². The molecule has 0 aliphatic rings. The normalized spacial score (nSPS) is 10.3. The number of rotatable bonds is 6. The molecule has 0 saturated heterocycles. The third-order valence-corrected chi connectivity index (χ3v) is 2.37. The Morgan fingerprint density at radius 1 is 1.17 bits per heavy atom. The number of carbonyl (C=O) groups is 1. The Labute approximate surface area is 108 Å². The molecule has 1 aromatic rings. The zero-order valence-electron chi connectivity index (χ0n) is 11.6. The first-order valence-electron chi connectivity index (χ1n) is 5.89. The molecule has 0 atom stereocenters. The van der Waals surface area contributed by atoms with E-state index in [0.717, 1.165) is 5.56 Å². The van der Waals surface area contributed by atoms with Crippen LogP contribution in [0.4, 0.5) is 0 Å². The van der Waals surface area contributed by atoms with Crippen LogP contribution in [0.15, 0.2) is 12.1 Å². The van der Waals surface area contributed by atoms with Gasteiger partial charge in [0.15, 0.2) is 11.5 Å². The molecule has 0 spiro atoms. The van der Waals surface area contributed by atoms with Crippen LogP contribution in [0, 0.1) is 0 Å². The molecule has 0 aliphatic heterocycles. The van der Waals surface area contributed by atoms with Crippen molar-refractivity contribution in [1.29, 1.82) is 0 Å². The quantitative estimate of drug-likeness (QED) is 0.780. The van der Waals surface area contributed by atoms with Gasteiger partial charge < -0.3 is 14.2 Å². The van der Waals surface area contributed by atoms with Crippen LogP contribution >= 0.6 is 0 Å². The van der Waals surface area contributed by atoms with Gasteiger partial charge in [0.2, 0.25) is 5.75 Å². The van der Waals surface area contributed by atoms with Crippen LogP contribution in [0.5, 0.6) is 17.2 Å². The van der Waals surface area contributed by atoms with Gasteiger partial charge in [-0.05, 0) is 26.8 Å². The topological polar surface area (TPSA) is 44.8 Å². The molecule has 0 radical (unpaired) electrons. The molecule has 1 rings (SSSR count). The summed E-state index contributed by atoms with van der Waals surface area (Å²) in [6.07, 6.45) is 0.319. The Morgan fingerprint density at radius 3 is 2.28 bits per heavy atom. The van der Waals surface area contributed by atoms with Crippen molar-refractivity contribution in [2.45, 2.75) is 33.3 Å². The first-order chi connectivity index (χ1) is 8.49. The van der Waals surface area contributed by atoms with Crippen molar-refractivity contribution in [2.75, 3.05) is 14.2 Å². The van der Waals surface area contributed by atoms with E-state index in [9.17, 15) is 4.79 Å². The number of carbonyl (C=O) groups excluding carboxylic acids is 1. The summed E-state index contributed by atoms with van der Waals surface area (Å²) in [6.45, 7) is 5.41. The van der Waals surface area contributed by atoms with E-state index in [1.807, 2.05) is 19.9 Å². The Balaban J connectivity index is 3.28. The summed E-state index contributed by atoms with van der Waals surface area (Å²) in [5.74, 6) is 1.79. The maximum atomic E-state index is 11.3. The highest BCUT2D eigenvalue weighted by Crippen LogP contribution is 2.40. The lowest BCUT2D eigenvalue weighted by atomic mass is 10.1. The maximum absolute atomic E-state index is 11.3. The van der Waals surface area contributed by atoms with E-state index in [-0.39, 0.29) is 11.9 Å². The fourth-order valence-corrected chi connectivity index (χ4v) is 1.71. The Kier molecular flexibility index (Phi) is 5.01. The van der Waals surface area contributed by atoms with Crippen LogP contribution in [0.25, 0.3) is 0 Å². The lowest BCUT2D eigenvalue weighted by Crippen LogP contribution is -2.10. The van der Waals surface area contributed by atoms with E-state index in [2.05, 4.69) is 0 Å². The number of hydrogen-bond acceptors (Lipinski definition) is 4. The highest BCUT2D eigenvalue weighted by Gasteiger charge is 2.18. The summed E-state index contributed by atoms with van der Waals surface area (Å²) < 4.78 is 16.3. The minimum absolute atomic E-state index is 0.00304. The fourth-order valence-electron chi connectivity index (χ4n) is 1.71. The summed E-state index contributed by atoms with van der Waals surface area (Å²) in [4.78, 5) is 11.3. The Bertz CT molecular complexity index is 424. The second-order valence-corrected chi connectivity index (χ2v) is 4.33. The largest absolute Gasteiger partial charge is 0.493 e. The van der Waals surface area contributed by atoms with Gasteiger partial charge in [0.1, 0.15) is 5.78 Å². The molecule has 0 heterocycles. The molecular weight excluding hydrogens is 232 g/mol. The smallest absolute Gasteiger partial charge is 0.203 e. The molecule has 0 aliphatic carbocycles. The van der Waals surface area contributed by atoms with E-state index in [1.165, 1.54) is 0 Å². The molecule has 1 aromatic carbocycles. The Hall–Kier alpha value is -1.71. The molecular formula is C14H20O4. The minimum atomic E-state index is -0.00304. The molecule has 0 fully saturated rings. The predicted octanol–water partition coefficient (Wildman–Crippen LogP) is 2.62. The fraction of sp³-hybridized carbons (Fsp3) is 0.500. The van der Waals surface area contributed by atoms with Crippen molar-refractivity contribution in [2.24, 2.45) is 0 Å². The van der Waals surface area contributed by atoms with Gasteiger partial charge >= 0.3 is 0 Å². The van der Waals surface area contributed by atoms with Crippen LogP contribution < -0.4 is 14.2 Å². The third kappa shape index (κ3) is 3.39. The van der Waals surface area contributed by atoms with Crippen molar-refractivity contribution in [3.63, 3.8) is 0 Å². The predicted molar refractivity (Wildman–Crippen MR) is 69.7 cm³/mol. The molecule has 0 unspecified atom stereocenters. The molecule has 0 aromatic heterocycles. The highest BCUT2D eigenvalue weighted by molar-refractivity contribution is 5.79. The number of Topliss-reactive ketones (excluding diaryl/α,β-unsaturated/α-hetero) is 1. The van der Waals surface area contributed by atoms with Crippen LogP contribution in [-0.2, 0) is 11.2 Å². The van der Waals surface area contributed by atoms with E-state index >= 15 is 0 Å². The maximum Gasteiger partial charge on any atom is 0.203 e. The van der Waals surface area contributed by atoms with Gasteiger partial charge in [0.05, 0.1) is 20.3 Å². The second-order valence-electron chi connectivity index (χ2n) is 4.33. The van der Waals surface area contributed by atoms with E-state index in [0.29, 0.717) is 23.7 Å². The number of ether oxygens (including phenoxy) is 3. The van der Waals surface area contributed by atoms with Gasteiger partial charge in [-0.3, -0.25) is 4.79 Å². The van der Waals surface area contributed by atoms with Crippen molar-refractivity contribution in [1.82, 2.24) is 0 Å². The van der Waals surface area contributed by atoms with Gasteiger partial charge in [0.25, 0.3) is 0 Å². The monoisotopic (exact) mass is 252 g/mol. The lowest BCUT2D eigenvalue weighted by molar-refractivity contribution is -0.116. The number of hydrogen-bond donors (Lipinski definition) is 0. The zero-order valence-corrected chi connectivity index (χ0v) is 11.6. The highest BCUT2D eigenvalue weighted by atomic mass is 16.5. The number of ketones is 1. The standard InChI is InChI=1S/C14H20O4/c1-9(2)18-13-11(8-10(3)15)6-7-12(16-4)14(13)17-5/h6-7,9H,8H2,1-5H3. The van der Waals surface area contributed by atoms with Crippen LogP contribution in [0.3, 0.4) is 0 Å². The second kappa shape index (κ2) is 6.28. The molecule has 0 amide bonds. The first-order valence-corrected chi connectivity index (χ1v) is 5.89. The molecule has 18 heavy (non-hydrogen) atoms. The number of methoxy groups -OCH3 is 2. The third-order valence-electron chi connectivity index (χ3n) is 2.37. The van der Waals surface area contributed by atoms with E-state index < -0.39 is 0 Å². The van der Waals surface area contributed by atoms with Gasteiger partial charge in [-0.25, -0.2) is 0 Å². The molecule has 100 valence electrons. The van der Waals surface area contributed by atoms with E-state index in [1.54, 1.807) is 27.2 Å². The average Bonchev–Trinajstić information content (AvgIpc) is 2.29. The lowest BCUT2D eigenvalue weighted by Gasteiger charge is -2.19. The van der Waals surface area contributed by atoms with Crippen molar-refractivity contribution in [3.8, 4) is 17.2 Å². The summed E-state index contributed by atoms with van der Waals surface area (Å²) in [6, 6.07) is 3.62. The van der Waals surface area contributed by atoms with Gasteiger partial charge in [-0.2, -0.15) is 0 Å². The zero-order chi connectivity index (χ0) is 13.7. The van der Waals surface area contributed by atoms with Crippen LogP contribution in [0.2, 0.25) is 0 Å². The van der Waals surface area contributed by atoms with Crippen molar-refractivity contribution >= 4 is 5.78 Å². The van der Waals surface area contributed by atoms with Crippen molar-refractivity contribution in [3.05, 3.63) is 17.7 Å². The number of benzene rings is 1. The molecule has 4 heteroatoms. The summed E-state index contributed by atoms with van der Waals surface area (Å²) in [7, 11) is 3.13. The first kappa shape index (κ1) is 14.4. The molecule has 0 saturated carbocycles. The van der Waals surface area contributed by atoms with Crippen LogP contribution in [0.1, 0.15) is 26.3 Å². The van der Waals surface area contributed by atoms with E-state index in [4.69, 9.17) is 14.2 Å².